The van der Waals surface area contributed by atoms with Gasteiger partial charge in [0, 0.05) is 19.1 Å². The van der Waals surface area contributed by atoms with E-state index in [0.717, 1.165) is 37.7 Å². The van der Waals surface area contributed by atoms with Gasteiger partial charge in [0.25, 0.3) is 0 Å². The van der Waals surface area contributed by atoms with Gasteiger partial charge in [-0.15, -0.1) is 0 Å². The van der Waals surface area contributed by atoms with E-state index in [1.165, 1.54) is 0 Å². The van der Waals surface area contributed by atoms with Crippen molar-refractivity contribution in [3.05, 3.63) is 48.0 Å². The first-order valence-corrected chi connectivity index (χ1v) is 8.98. The quantitative estimate of drug-likeness (QED) is 0.817. The lowest BCUT2D eigenvalue weighted by Gasteiger charge is -2.39. The molecule has 2 aliphatic rings. The van der Waals surface area contributed by atoms with Crippen LogP contribution in [0.2, 0.25) is 0 Å². The van der Waals surface area contributed by atoms with Gasteiger partial charge >= 0.3 is 0 Å². The Labute approximate surface area is 143 Å². The number of nitrogens with one attached hydrogen (secondary N) is 1. The maximum absolute atomic E-state index is 12.5. The van der Waals surface area contributed by atoms with Gasteiger partial charge in [-0.2, -0.15) is 0 Å². The fourth-order valence-electron chi connectivity index (χ4n) is 3.78. The molecule has 0 spiro atoms. The average molecular weight is 329 g/mol. The van der Waals surface area contributed by atoms with E-state index in [0.29, 0.717) is 13.2 Å². The van der Waals surface area contributed by atoms with Gasteiger partial charge in [-0.25, -0.2) is 0 Å². The zero-order valence-corrected chi connectivity index (χ0v) is 14.1. The molecule has 0 bridgehead atoms. The molecule has 0 saturated carbocycles. The first-order valence-electron chi connectivity index (χ1n) is 8.98. The molecule has 1 heterocycles. The highest BCUT2D eigenvalue weighted by Gasteiger charge is 2.39. The molecule has 1 aromatic carbocycles. The van der Waals surface area contributed by atoms with Crippen LogP contribution in [0, 0.1) is 11.8 Å². The molecule has 1 aromatic rings. The van der Waals surface area contributed by atoms with E-state index in [4.69, 9.17) is 4.74 Å². The minimum atomic E-state index is -1.04. The summed E-state index contributed by atoms with van der Waals surface area (Å²) in [6, 6.07) is 9.72. The van der Waals surface area contributed by atoms with Gasteiger partial charge in [-0.3, -0.25) is 4.79 Å². The maximum atomic E-state index is 12.5. The molecule has 4 heteroatoms. The lowest BCUT2D eigenvalue weighted by atomic mass is 9.77. The van der Waals surface area contributed by atoms with Crippen molar-refractivity contribution in [1.82, 2.24) is 5.32 Å². The lowest BCUT2D eigenvalue weighted by Crippen LogP contribution is -2.48. The van der Waals surface area contributed by atoms with Crippen molar-refractivity contribution >= 4 is 5.91 Å². The van der Waals surface area contributed by atoms with Gasteiger partial charge in [0.15, 0.2) is 0 Å². The Morgan fingerprint density at radius 3 is 2.58 bits per heavy atom. The van der Waals surface area contributed by atoms with E-state index in [-0.39, 0.29) is 24.3 Å². The maximum Gasteiger partial charge on any atom is 0.223 e. The third-order valence-corrected chi connectivity index (χ3v) is 5.34. The molecule has 0 unspecified atom stereocenters. The zero-order valence-electron chi connectivity index (χ0n) is 14.1. The summed E-state index contributed by atoms with van der Waals surface area (Å²) in [5, 5.41) is 14.5. The summed E-state index contributed by atoms with van der Waals surface area (Å²) in [4.78, 5) is 12.5. The van der Waals surface area contributed by atoms with Crippen LogP contribution in [0.25, 0.3) is 0 Å². The van der Waals surface area contributed by atoms with Gasteiger partial charge in [0.2, 0.25) is 5.91 Å². The van der Waals surface area contributed by atoms with Crippen molar-refractivity contribution in [2.45, 2.75) is 37.7 Å². The lowest BCUT2D eigenvalue weighted by molar-refractivity contribution is -0.128. The van der Waals surface area contributed by atoms with Gasteiger partial charge in [0.1, 0.15) is 5.60 Å². The first kappa shape index (κ1) is 17.2. The Morgan fingerprint density at radius 1 is 1.17 bits per heavy atom. The Bertz CT molecular complexity index is 566. The SMILES string of the molecule is O=C(NC[C@](O)(c1ccccc1)C1CCOCC1)[C@H]1CC=CCC1. The second-order valence-corrected chi connectivity index (χ2v) is 6.88. The Balaban J connectivity index is 1.72. The average Bonchev–Trinajstić information content (AvgIpc) is 2.68. The molecule has 1 fully saturated rings. The Hall–Kier alpha value is -1.65. The molecule has 130 valence electrons. The van der Waals surface area contributed by atoms with Crippen LogP contribution in [0.4, 0.5) is 0 Å². The molecule has 0 radical (unpaired) electrons. The molecule has 2 N–H and O–H groups in total. The molecule has 2 atom stereocenters. The fourth-order valence-corrected chi connectivity index (χ4v) is 3.78. The summed E-state index contributed by atoms with van der Waals surface area (Å²) in [7, 11) is 0. The van der Waals surface area contributed by atoms with Crippen molar-refractivity contribution in [3.8, 4) is 0 Å². The second kappa shape index (κ2) is 7.95. The summed E-state index contributed by atoms with van der Waals surface area (Å²) in [5.41, 5.74) is -0.161. The fraction of sp³-hybridized carbons (Fsp3) is 0.550. The van der Waals surface area contributed by atoms with E-state index < -0.39 is 5.60 Å². The number of ether oxygens (including phenoxy) is 1. The summed E-state index contributed by atoms with van der Waals surface area (Å²) >= 11 is 0. The van der Waals surface area contributed by atoms with E-state index >= 15 is 0 Å². The third-order valence-electron chi connectivity index (χ3n) is 5.34. The van der Waals surface area contributed by atoms with Crippen LogP contribution >= 0.6 is 0 Å². The van der Waals surface area contributed by atoms with E-state index in [2.05, 4.69) is 17.5 Å². The smallest absolute Gasteiger partial charge is 0.223 e. The number of carbonyl (C=O) groups excluding carboxylic acids is 1. The summed E-state index contributed by atoms with van der Waals surface area (Å²) in [6.07, 6.45) is 8.49. The topological polar surface area (TPSA) is 58.6 Å². The Morgan fingerprint density at radius 2 is 1.92 bits per heavy atom. The highest BCUT2D eigenvalue weighted by molar-refractivity contribution is 5.79. The van der Waals surface area contributed by atoms with E-state index in [9.17, 15) is 9.90 Å². The van der Waals surface area contributed by atoms with Crippen molar-refractivity contribution < 1.29 is 14.6 Å². The highest BCUT2D eigenvalue weighted by Crippen LogP contribution is 2.36. The van der Waals surface area contributed by atoms with Crippen molar-refractivity contribution in [2.75, 3.05) is 19.8 Å². The number of allylic oxidation sites excluding steroid dienone is 2. The molecule has 1 aliphatic carbocycles. The van der Waals surface area contributed by atoms with Crippen LogP contribution in [0.3, 0.4) is 0 Å². The summed E-state index contributed by atoms with van der Waals surface area (Å²) < 4.78 is 5.45. The molecule has 0 aromatic heterocycles. The molecular weight excluding hydrogens is 302 g/mol. The predicted octanol–water partition coefficient (Wildman–Crippen LogP) is 2.77. The van der Waals surface area contributed by atoms with Gasteiger partial charge in [-0.05, 0) is 43.6 Å². The van der Waals surface area contributed by atoms with Gasteiger partial charge in [0.05, 0.1) is 6.54 Å². The normalized spacial score (nSPS) is 24.3. The second-order valence-electron chi connectivity index (χ2n) is 6.88. The minimum Gasteiger partial charge on any atom is -0.383 e. The standard InChI is InChI=1S/C20H27NO3/c22-19(16-7-3-1-4-8-16)21-15-20(23,17-9-5-2-6-10-17)18-11-13-24-14-12-18/h1-3,5-6,9-10,16,18,23H,4,7-8,11-15H2,(H,21,22)/t16-,20-/m0/s1. The number of carbonyl (C=O) groups is 1. The number of hydrogen-bond donors (Lipinski definition) is 2. The number of rotatable bonds is 5. The molecule has 1 amide bonds. The molecule has 1 saturated heterocycles. The van der Waals surface area contributed by atoms with Gasteiger partial charge in [-0.1, -0.05) is 42.5 Å². The van der Waals surface area contributed by atoms with Crippen LogP contribution in [0.5, 0.6) is 0 Å². The monoisotopic (exact) mass is 329 g/mol. The first-order chi connectivity index (χ1) is 11.7. The largest absolute Gasteiger partial charge is 0.383 e. The summed E-state index contributed by atoms with van der Waals surface area (Å²) in [5.74, 6) is 0.186. The van der Waals surface area contributed by atoms with Crippen LogP contribution in [0.15, 0.2) is 42.5 Å². The van der Waals surface area contributed by atoms with E-state index in [1.807, 2.05) is 30.3 Å². The van der Waals surface area contributed by atoms with Crippen LogP contribution in [-0.4, -0.2) is 30.8 Å². The highest BCUT2D eigenvalue weighted by atomic mass is 16.5. The van der Waals surface area contributed by atoms with Crippen molar-refractivity contribution in [3.63, 3.8) is 0 Å². The van der Waals surface area contributed by atoms with Crippen LogP contribution in [0.1, 0.15) is 37.7 Å². The van der Waals surface area contributed by atoms with Crippen molar-refractivity contribution in [1.29, 1.82) is 0 Å². The van der Waals surface area contributed by atoms with Crippen LogP contribution < -0.4 is 5.32 Å². The number of amides is 1. The van der Waals surface area contributed by atoms with Crippen LogP contribution in [-0.2, 0) is 15.1 Å². The summed E-state index contributed by atoms with van der Waals surface area (Å²) in [6.45, 7) is 1.60. The third kappa shape index (κ3) is 3.87. The molecule has 24 heavy (non-hydrogen) atoms. The zero-order chi connectivity index (χ0) is 16.8. The Kier molecular flexibility index (Phi) is 5.69. The molecule has 3 rings (SSSR count). The number of hydrogen-bond acceptors (Lipinski definition) is 3. The molecule has 1 aliphatic heterocycles. The van der Waals surface area contributed by atoms with Crippen molar-refractivity contribution in [2.24, 2.45) is 11.8 Å². The molecular formula is C20H27NO3. The molecule has 4 nitrogen and oxygen atoms in total. The number of aliphatic hydroxyl groups is 1. The number of benzene rings is 1. The minimum absolute atomic E-state index is 0.0321. The van der Waals surface area contributed by atoms with E-state index in [1.54, 1.807) is 0 Å². The van der Waals surface area contributed by atoms with Gasteiger partial charge < -0.3 is 15.2 Å². The predicted molar refractivity (Wildman–Crippen MR) is 93.4 cm³/mol.